The molecule has 0 aromatic heterocycles. The van der Waals surface area contributed by atoms with Crippen LogP contribution >= 0.6 is 0 Å². The highest BCUT2D eigenvalue weighted by atomic mass is 16.3. The quantitative estimate of drug-likeness (QED) is 0.165. The Morgan fingerprint density at radius 3 is 1.59 bits per heavy atom. The maximum atomic E-state index is 10.6. The molecule has 0 heterocycles. The average molecular weight is 437 g/mol. The second kappa shape index (κ2) is 21.4. The first-order chi connectivity index (χ1) is 14.9. The summed E-state index contributed by atoms with van der Waals surface area (Å²) in [6.07, 6.45) is 32.7. The lowest BCUT2D eigenvalue weighted by molar-refractivity contribution is -0.112. The summed E-state index contributed by atoms with van der Waals surface area (Å²) in [4.78, 5) is 10.6. The van der Waals surface area contributed by atoms with Gasteiger partial charge < -0.3 is 5.11 Å². The fourth-order valence-corrected chi connectivity index (χ4v) is 2.14. The number of hydrogen-bond donors (Lipinski definition) is 1. The number of hydrogen-bond acceptors (Lipinski definition) is 2. The van der Waals surface area contributed by atoms with Crippen LogP contribution in [-0.2, 0) is 4.79 Å². The van der Waals surface area contributed by atoms with Gasteiger partial charge >= 0.3 is 0 Å². The number of ketones is 1. The number of carbonyl (C=O) groups excluding carboxylic acids is 1. The van der Waals surface area contributed by atoms with E-state index in [1.807, 2.05) is 24.3 Å². The fraction of sp³-hybridized carbons (Fsp3) is 0.433. The average Bonchev–Trinajstić information content (AvgIpc) is 2.69. The molecule has 0 aliphatic carbocycles. The summed E-state index contributed by atoms with van der Waals surface area (Å²) >= 11 is 0. The third-order valence-electron chi connectivity index (χ3n) is 3.99. The highest BCUT2D eigenvalue weighted by molar-refractivity contribution is 5.87. The van der Waals surface area contributed by atoms with Crippen molar-refractivity contribution in [2.75, 3.05) is 0 Å². The summed E-state index contributed by atoms with van der Waals surface area (Å²) in [7, 11) is 0. The van der Waals surface area contributed by atoms with Crippen molar-refractivity contribution in [1.29, 1.82) is 0 Å². The largest absolute Gasteiger partial charge is 0.374 e. The molecule has 1 atom stereocenters. The zero-order valence-electron chi connectivity index (χ0n) is 21.5. The van der Waals surface area contributed by atoms with E-state index in [-0.39, 0.29) is 5.78 Å². The van der Waals surface area contributed by atoms with E-state index >= 15 is 0 Å². The maximum absolute atomic E-state index is 10.6. The van der Waals surface area contributed by atoms with Crippen LogP contribution in [0.25, 0.3) is 0 Å². The summed E-state index contributed by atoms with van der Waals surface area (Å²) in [6, 6.07) is 0. The molecule has 32 heavy (non-hydrogen) atoms. The van der Waals surface area contributed by atoms with Gasteiger partial charge in [-0.25, -0.2) is 0 Å². The van der Waals surface area contributed by atoms with Crippen LogP contribution in [0.4, 0.5) is 0 Å². The molecular formula is C30H44O2. The van der Waals surface area contributed by atoms with Crippen molar-refractivity contribution in [3.8, 4) is 25.2 Å². The minimum atomic E-state index is -1.14. The van der Waals surface area contributed by atoms with Crippen LogP contribution in [-0.4, -0.2) is 16.5 Å². The van der Waals surface area contributed by atoms with Gasteiger partial charge in [-0.2, -0.15) is 0 Å². The van der Waals surface area contributed by atoms with E-state index in [0.717, 1.165) is 25.7 Å². The first-order valence-corrected chi connectivity index (χ1v) is 10.9. The van der Waals surface area contributed by atoms with Gasteiger partial charge in [-0.1, -0.05) is 64.7 Å². The maximum Gasteiger partial charge on any atom is 0.152 e. The Morgan fingerprint density at radius 1 is 0.844 bits per heavy atom. The molecule has 2 nitrogen and oxygen atoms in total. The van der Waals surface area contributed by atoms with E-state index in [1.165, 1.54) is 22.3 Å². The van der Waals surface area contributed by atoms with Crippen molar-refractivity contribution in [2.45, 2.75) is 86.7 Å². The summed E-state index contributed by atoms with van der Waals surface area (Å²) < 4.78 is 0. The van der Waals surface area contributed by atoms with Crippen molar-refractivity contribution in [3.63, 3.8) is 0 Å². The molecular weight excluding hydrogens is 392 g/mol. The van der Waals surface area contributed by atoms with E-state index < -0.39 is 5.60 Å². The normalized spacial score (nSPS) is 13.1. The predicted molar refractivity (Wildman–Crippen MR) is 143 cm³/mol. The monoisotopic (exact) mass is 436 g/mol. The second-order valence-electron chi connectivity index (χ2n) is 8.29. The third kappa shape index (κ3) is 29.4. The van der Waals surface area contributed by atoms with Gasteiger partial charge in [-0.05, 0) is 93.2 Å². The molecule has 0 amide bonds. The van der Waals surface area contributed by atoms with Crippen molar-refractivity contribution in [3.05, 3.63) is 70.9 Å². The molecule has 0 aliphatic heterocycles. The van der Waals surface area contributed by atoms with E-state index in [4.69, 9.17) is 6.42 Å². The molecule has 0 aromatic carbocycles. The van der Waals surface area contributed by atoms with Crippen LogP contribution < -0.4 is 0 Å². The molecule has 0 fully saturated rings. The Labute approximate surface area is 198 Å². The molecule has 0 bridgehead atoms. The standard InChI is InChI=1S/C15H22O.C13H20O.C2H2/c1-6-15(5,16)12-8-11-14(4)10-7-9-13(2)3;1-11(2)7-5-8-12(3)9-6-10-13(4)14;1-2/h1,8-9,11-12,16H,7,10H2,2-5H3;6-7,9-10H,5,8H2,1-4H3;1-2H/b12-8+,14-11+;10-6+,12-9+;. The minimum Gasteiger partial charge on any atom is -0.374 e. The summed E-state index contributed by atoms with van der Waals surface area (Å²) in [5.41, 5.74) is 4.15. The Hall–Kier alpha value is -2.81. The van der Waals surface area contributed by atoms with Crippen molar-refractivity contribution < 1.29 is 9.90 Å². The molecule has 1 N–H and O–H groups in total. The van der Waals surface area contributed by atoms with Crippen LogP contribution in [0.15, 0.2) is 70.9 Å². The van der Waals surface area contributed by atoms with Crippen molar-refractivity contribution in [2.24, 2.45) is 0 Å². The smallest absolute Gasteiger partial charge is 0.152 e. The SMILES string of the molecule is C#C.C#CC(C)(O)/C=C/C=C(\C)CCC=C(C)C.CC(=O)/C=C/C=C(\C)CCC=C(C)C. The minimum absolute atomic E-state index is 0.0957. The number of terminal acetylenes is 2. The lowest BCUT2D eigenvalue weighted by Crippen LogP contribution is -2.16. The van der Waals surface area contributed by atoms with Crippen molar-refractivity contribution >= 4 is 5.78 Å². The summed E-state index contributed by atoms with van der Waals surface area (Å²) in [5, 5.41) is 9.52. The van der Waals surface area contributed by atoms with Gasteiger partial charge in [-0.15, -0.1) is 19.3 Å². The fourth-order valence-electron chi connectivity index (χ4n) is 2.14. The highest BCUT2D eigenvalue weighted by Crippen LogP contribution is 2.09. The lowest BCUT2D eigenvalue weighted by Gasteiger charge is -2.08. The van der Waals surface area contributed by atoms with Gasteiger partial charge in [0, 0.05) is 0 Å². The number of aliphatic hydroxyl groups is 1. The molecule has 0 saturated carbocycles. The number of allylic oxidation sites excluding steroid dienone is 11. The zero-order valence-corrected chi connectivity index (χ0v) is 21.5. The van der Waals surface area contributed by atoms with Gasteiger partial charge in [-0.3, -0.25) is 4.79 Å². The molecule has 0 spiro atoms. The lowest BCUT2D eigenvalue weighted by atomic mass is 10.1. The molecule has 0 rings (SSSR count). The first-order valence-electron chi connectivity index (χ1n) is 10.9. The molecule has 1 unspecified atom stereocenters. The Balaban J connectivity index is -0.000000491. The van der Waals surface area contributed by atoms with Crippen LogP contribution in [0.3, 0.4) is 0 Å². The molecule has 0 saturated heterocycles. The van der Waals surface area contributed by atoms with Crippen LogP contribution in [0, 0.1) is 25.2 Å². The summed E-state index contributed by atoms with van der Waals surface area (Å²) in [5.74, 6) is 2.40. The highest BCUT2D eigenvalue weighted by Gasteiger charge is 2.09. The van der Waals surface area contributed by atoms with Crippen molar-refractivity contribution in [1.82, 2.24) is 0 Å². The molecule has 2 heteroatoms. The van der Waals surface area contributed by atoms with E-state index in [9.17, 15) is 9.90 Å². The van der Waals surface area contributed by atoms with Gasteiger partial charge in [0.1, 0.15) is 5.60 Å². The van der Waals surface area contributed by atoms with Gasteiger partial charge in [0.05, 0.1) is 0 Å². The Morgan fingerprint density at radius 2 is 1.25 bits per heavy atom. The molecule has 0 aromatic rings. The first kappa shape index (κ1) is 33.8. The third-order valence-corrected chi connectivity index (χ3v) is 3.99. The predicted octanol–water partition coefficient (Wildman–Crippen LogP) is 7.69. The van der Waals surface area contributed by atoms with E-state index in [1.54, 1.807) is 26.0 Å². The Bertz CT molecular complexity index is 761. The number of rotatable bonds is 10. The molecule has 176 valence electrons. The summed E-state index contributed by atoms with van der Waals surface area (Å²) in [6.45, 7) is 15.7. The van der Waals surface area contributed by atoms with Crippen LogP contribution in [0.5, 0.6) is 0 Å². The van der Waals surface area contributed by atoms with E-state index in [0.29, 0.717) is 0 Å². The zero-order chi connectivity index (χ0) is 25.6. The number of carbonyl (C=O) groups is 1. The van der Waals surface area contributed by atoms with Crippen LogP contribution in [0.2, 0.25) is 0 Å². The second-order valence-corrected chi connectivity index (χ2v) is 8.29. The van der Waals surface area contributed by atoms with Gasteiger partial charge in [0.15, 0.2) is 5.78 Å². The van der Waals surface area contributed by atoms with Gasteiger partial charge in [0.2, 0.25) is 0 Å². The molecule has 0 aliphatic rings. The topological polar surface area (TPSA) is 37.3 Å². The van der Waals surface area contributed by atoms with Crippen LogP contribution in [0.1, 0.15) is 81.1 Å². The van der Waals surface area contributed by atoms with Gasteiger partial charge in [0.25, 0.3) is 0 Å². The molecule has 0 radical (unpaired) electrons. The van der Waals surface area contributed by atoms with E-state index in [2.05, 4.69) is 72.5 Å². The Kier molecular flexibility index (Phi) is 22.6.